The summed E-state index contributed by atoms with van der Waals surface area (Å²) in [6, 6.07) is 3.23. The van der Waals surface area contributed by atoms with Crippen LogP contribution in [-0.2, 0) is 6.42 Å². The Bertz CT molecular complexity index is 409. The van der Waals surface area contributed by atoms with Gasteiger partial charge in [-0.05, 0) is 37.0 Å². The summed E-state index contributed by atoms with van der Waals surface area (Å²) >= 11 is 9.41. The van der Waals surface area contributed by atoms with Crippen molar-refractivity contribution in [1.82, 2.24) is 0 Å². The molecule has 0 aliphatic carbocycles. The Hall–Kier alpha value is -0.610. The van der Waals surface area contributed by atoms with Gasteiger partial charge < -0.3 is 0 Å². The third-order valence-corrected chi connectivity index (χ3v) is 3.76. The molecule has 0 amide bonds. The third kappa shape index (κ3) is 3.19. The van der Waals surface area contributed by atoms with Gasteiger partial charge in [-0.15, -0.1) is 0 Å². The largest absolute Gasteiger partial charge is 0.288 e. The molecule has 0 radical (unpaired) electrons. The fourth-order valence-electron chi connectivity index (χ4n) is 1.45. The molecular weight excluding hydrogens is 293 g/mol. The Kier molecular flexibility index (Phi) is 4.74. The third-order valence-electron chi connectivity index (χ3n) is 2.49. The summed E-state index contributed by atoms with van der Waals surface area (Å²) in [5, 5.41) is 10.9. The van der Waals surface area contributed by atoms with Crippen molar-refractivity contribution in [3.05, 3.63) is 38.4 Å². The molecule has 3 nitrogen and oxygen atoms in total. The molecule has 1 aromatic carbocycles. The van der Waals surface area contributed by atoms with Gasteiger partial charge in [0, 0.05) is 10.9 Å². The van der Waals surface area contributed by atoms with Crippen molar-refractivity contribution < 1.29 is 4.92 Å². The number of benzene rings is 1. The molecule has 1 atom stereocenters. The van der Waals surface area contributed by atoms with Gasteiger partial charge in [-0.2, -0.15) is 0 Å². The van der Waals surface area contributed by atoms with Gasteiger partial charge in [0.15, 0.2) is 0 Å². The Morgan fingerprint density at radius 1 is 1.56 bits per heavy atom. The van der Waals surface area contributed by atoms with Crippen molar-refractivity contribution in [2.75, 3.05) is 0 Å². The van der Waals surface area contributed by atoms with Crippen LogP contribution in [0.3, 0.4) is 0 Å². The highest BCUT2D eigenvalue weighted by Gasteiger charge is 2.16. The van der Waals surface area contributed by atoms with Gasteiger partial charge in [-0.3, -0.25) is 10.1 Å². The highest BCUT2D eigenvalue weighted by atomic mass is 79.9. The van der Waals surface area contributed by atoms with Gasteiger partial charge in [-0.25, -0.2) is 0 Å². The Morgan fingerprint density at radius 2 is 2.19 bits per heavy atom. The number of rotatable bonds is 4. The van der Waals surface area contributed by atoms with Crippen molar-refractivity contribution in [3.63, 3.8) is 0 Å². The van der Waals surface area contributed by atoms with E-state index < -0.39 is 4.92 Å². The zero-order valence-corrected chi connectivity index (χ0v) is 11.5. The molecule has 16 heavy (non-hydrogen) atoms. The summed E-state index contributed by atoms with van der Waals surface area (Å²) in [5.74, 6) is 0. The van der Waals surface area contributed by atoms with Crippen LogP contribution in [0, 0.1) is 17.0 Å². The molecule has 1 rings (SSSR count). The van der Waals surface area contributed by atoms with E-state index in [1.807, 2.05) is 6.92 Å². The molecule has 1 unspecified atom stereocenters. The summed E-state index contributed by atoms with van der Waals surface area (Å²) in [6.45, 7) is 3.95. The maximum atomic E-state index is 10.7. The van der Waals surface area contributed by atoms with Gasteiger partial charge in [-0.1, -0.05) is 34.5 Å². The lowest BCUT2D eigenvalue weighted by atomic mass is 10.0. The van der Waals surface area contributed by atoms with E-state index in [1.165, 1.54) is 6.07 Å². The van der Waals surface area contributed by atoms with Crippen LogP contribution in [0.4, 0.5) is 5.69 Å². The SMILES string of the molecule is CCC(Br)Cc1cc(Cl)c([N+](=O)[O-])cc1C. The van der Waals surface area contributed by atoms with Crippen molar-refractivity contribution in [1.29, 1.82) is 0 Å². The van der Waals surface area contributed by atoms with E-state index in [2.05, 4.69) is 22.9 Å². The van der Waals surface area contributed by atoms with E-state index in [-0.39, 0.29) is 10.7 Å². The summed E-state index contributed by atoms with van der Waals surface area (Å²) in [4.78, 5) is 10.6. The lowest BCUT2D eigenvalue weighted by Crippen LogP contribution is -2.03. The molecule has 0 aromatic heterocycles. The van der Waals surface area contributed by atoms with Crippen LogP contribution in [-0.4, -0.2) is 9.75 Å². The maximum absolute atomic E-state index is 10.7. The molecule has 0 saturated heterocycles. The number of hydrogen-bond acceptors (Lipinski definition) is 2. The zero-order valence-electron chi connectivity index (χ0n) is 9.17. The number of nitrogens with zero attached hydrogens (tertiary/aromatic N) is 1. The fraction of sp³-hybridized carbons (Fsp3) is 0.455. The van der Waals surface area contributed by atoms with Crippen LogP contribution in [0.2, 0.25) is 5.02 Å². The number of hydrogen-bond donors (Lipinski definition) is 0. The minimum Gasteiger partial charge on any atom is -0.258 e. The summed E-state index contributed by atoms with van der Waals surface area (Å²) in [5.41, 5.74) is 1.94. The summed E-state index contributed by atoms with van der Waals surface area (Å²) < 4.78 is 0. The molecule has 0 N–H and O–H groups in total. The molecule has 0 bridgehead atoms. The van der Waals surface area contributed by atoms with Crippen molar-refractivity contribution in [3.8, 4) is 0 Å². The van der Waals surface area contributed by atoms with E-state index in [0.717, 1.165) is 24.0 Å². The second-order valence-electron chi connectivity index (χ2n) is 3.70. The normalized spacial score (nSPS) is 12.5. The highest BCUT2D eigenvalue weighted by Crippen LogP contribution is 2.29. The van der Waals surface area contributed by atoms with E-state index in [0.29, 0.717) is 4.83 Å². The highest BCUT2D eigenvalue weighted by molar-refractivity contribution is 9.09. The molecular formula is C11H13BrClNO2. The van der Waals surface area contributed by atoms with Crippen LogP contribution in [0.1, 0.15) is 24.5 Å². The number of aryl methyl sites for hydroxylation is 1. The van der Waals surface area contributed by atoms with E-state index >= 15 is 0 Å². The summed E-state index contributed by atoms with van der Waals surface area (Å²) in [6.07, 6.45) is 1.84. The van der Waals surface area contributed by atoms with Gasteiger partial charge >= 0.3 is 0 Å². The first kappa shape index (κ1) is 13.5. The molecule has 0 fully saturated rings. The van der Waals surface area contributed by atoms with Crippen LogP contribution < -0.4 is 0 Å². The predicted molar refractivity (Wildman–Crippen MR) is 69.6 cm³/mol. The van der Waals surface area contributed by atoms with Crippen LogP contribution >= 0.6 is 27.5 Å². The molecule has 0 heterocycles. The average Bonchev–Trinajstić information content (AvgIpc) is 2.22. The maximum Gasteiger partial charge on any atom is 0.288 e. The Labute approximate surface area is 108 Å². The number of halogens is 2. The fourth-order valence-corrected chi connectivity index (χ4v) is 2.05. The van der Waals surface area contributed by atoms with Gasteiger partial charge in [0.05, 0.1) is 4.92 Å². The molecule has 5 heteroatoms. The van der Waals surface area contributed by atoms with Gasteiger partial charge in [0.2, 0.25) is 0 Å². The quantitative estimate of drug-likeness (QED) is 0.473. The van der Waals surface area contributed by atoms with Crippen molar-refractivity contribution in [2.45, 2.75) is 31.5 Å². The first-order valence-corrected chi connectivity index (χ1v) is 6.32. The lowest BCUT2D eigenvalue weighted by Gasteiger charge is -2.10. The number of alkyl halides is 1. The first-order chi connectivity index (χ1) is 7.45. The predicted octanol–water partition coefficient (Wildman–Crippen LogP) is 4.27. The smallest absolute Gasteiger partial charge is 0.258 e. The second kappa shape index (κ2) is 5.64. The van der Waals surface area contributed by atoms with E-state index in [1.54, 1.807) is 6.07 Å². The standard InChI is InChI=1S/C11H13BrClNO2/c1-3-9(12)5-8-6-10(13)11(14(15)16)4-7(8)2/h4,6,9H,3,5H2,1-2H3. The minimum absolute atomic E-state index is 0.0227. The second-order valence-corrected chi connectivity index (χ2v) is 5.40. The molecule has 0 saturated carbocycles. The zero-order chi connectivity index (χ0) is 12.3. The summed E-state index contributed by atoms with van der Waals surface area (Å²) in [7, 11) is 0. The molecule has 0 aliphatic heterocycles. The Balaban J connectivity index is 3.05. The lowest BCUT2D eigenvalue weighted by molar-refractivity contribution is -0.384. The van der Waals surface area contributed by atoms with Crippen molar-refractivity contribution in [2.24, 2.45) is 0 Å². The Morgan fingerprint density at radius 3 is 2.69 bits per heavy atom. The molecule has 0 aliphatic rings. The minimum atomic E-state index is -0.454. The monoisotopic (exact) mass is 305 g/mol. The van der Waals surface area contributed by atoms with Crippen LogP contribution in [0.25, 0.3) is 0 Å². The number of nitro benzene ring substituents is 1. The van der Waals surface area contributed by atoms with E-state index in [4.69, 9.17) is 11.6 Å². The molecule has 0 spiro atoms. The number of nitro groups is 1. The first-order valence-electron chi connectivity index (χ1n) is 5.03. The topological polar surface area (TPSA) is 43.1 Å². The van der Waals surface area contributed by atoms with Crippen molar-refractivity contribution >= 4 is 33.2 Å². The van der Waals surface area contributed by atoms with Crippen LogP contribution in [0.5, 0.6) is 0 Å². The van der Waals surface area contributed by atoms with E-state index in [9.17, 15) is 10.1 Å². The molecule has 1 aromatic rings. The molecule has 88 valence electrons. The van der Waals surface area contributed by atoms with Crippen LogP contribution in [0.15, 0.2) is 12.1 Å². The van der Waals surface area contributed by atoms with Gasteiger partial charge in [0.1, 0.15) is 5.02 Å². The average molecular weight is 307 g/mol. The van der Waals surface area contributed by atoms with Gasteiger partial charge in [0.25, 0.3) is 5.69 Å².